The predicted molar refractivity (Wildman–Crippen MR) is 105 cm³/mol. The molecule has 2 rings (SSSR count). The molecular weight excluding hydrogens is 344 g/mol. The van der Waals surface area contributed by atoms with E-state index in [0.29, 0.717) is 16.9 Å². The zero-order chi connectivity index (χ0) is 20.2. The minimum Gasteiger partial charge on any atom is -0.465 e. The van der Waals surface area contributed by atoms with Gasteiger partial charge < -0.3 is 15.4 Å². The van der Waals surface area contributed by atoms with Crippen LogP contribution >= 0.6 is 0 Å². The van der Waals surface area contributed by atoms with Gasteiger partial charge in [-0.15, -0.1) is 0 Å². The number of hydrogen-bond donors (Lipinski definition) is 2. The van der Waals surface area contributed by atoms with E-state index in [9.17, 15) is 14.4 Å². The van der Waals surface area contributed by atoms with Gasteiger partial charge in [-0.1, -0.05) is 24.3 Å². The molecule has 27 heavy (non-hydrogen) atoms. The first kappa shape index (κ1) is 20.2. The van der Waals surface area contributed by atoms with Crippen molar-refractivity contribution >= 4 is 29.2 Å². The lowest BCUT2D eigenvalue weighted by Gasteiger charge is -2.24. The molecule has 0 atom stereocenters. The fourth-order valence-corrected chi connectivity index (χ4v) is 2.51. The van der Waals surface area contributed by atoms with Gasteiger partial charge in [-0.3, -0.25) is 9.59 Å². The van der Waals surface area contributed by atoms with E-state index >= 15 is 0 Å². The summed E-state index contributed by atoms with van der Waals surface area (Å²) in [4.78, 5) is 37.1. The molecule has 0 unspecified atom stereocenters. The molecule has 2 aromatic carbocycles. The van der Waals surface area contributed by atoms with E-state index < -0.39 is 23.2 Å². The summed E-state index contributed by atoms with van der Waals surface area (Å²) in [5.41, 5.74) is 1.95. The van der Waals surface area contributed by atoms with Gasteiger partial charge in [0.15, 0.2) is 0 Å². The average Bonchev–Trinajstić information content (AvgIpc) is 2.64. The third kappa shape index (κ3) is 4.53. The standard InChI is InChI=1S/C21H24N2O4/c1-13-8-6-9-14(2)17(13)23-20(26)21(3,4)19(25)22-16-11-7-10-15(12-16)18(24)27-5/h6-12H,1-5H3,(H,22,25)(H,23,26). The summed E-state index contributed by atoms with van der Waals surface area (Å²) in [5.74, 6) is -1.40. The van der Waals surface area contributed by atoms with Crippen molar-refractivity contribution in [1.29, 1.82) is 0 Å². The molecule has 0 bridgehead atoms. The summed E-state index contributed by atoms with van der Waals surface area (Å²) in [7, 11) is 1.29. The number of benzene rings is 2. The SMILES string of the molecule is COC(=O)c1cccc(NC(=O)C(C)(C)C(=O)Nc2c(C)cccc2C)c1. The summed E-state index contributed by atoms with van der Waals surface area (Å²) >= 11 is 0. The van der Waals surface area contributed by atoms with Gasteiger partial charge in [-0.2, -0.15) is 0 Å². The van der Waals surface area contributed by atoms with Crippen LogP contribution in [0.15, 0.2) is 42.5 Å². The first-order chi connectivity index (χ1) is 12.7. The Balaban J connectivity index is 2.17. The van der Waals surface area contributed by atoms with E-state index in [0.717, 1.165) is 11.1 Å². The zero-order valence-electron chi connectivity index (χ0n) is 16.2. The van der Waals surface area contributed by atoms with E-state index in [1.165, 1.54) is 13.2 Å². The van der Waals surface area contributed by atoms with Crippen molar-refractivity contribution in [3.63, 3.8) is 0 Å². The molecule has 2 amide bonds. The van der Waals surface area contributed by atoms with Gasteiger partial charge in [0.2, 0.25) is 11.8 Å². The van der Waals surface area contributed by atoms with E-state index in [4.69, 9.17) is 0 Å². The molecule has 6 heteroatoms. The predicted octanol–water partition coefficient (Wildman–Crippen LogP) is 3.69. The molecule has 2 N–H and O–H groups in total. The molecule has 142 valence electrons. The first-order valence-electron chi connectivity index (χ1n) is 8.54. The number of amides is 2. The van der Waals surface area contributed by atoms with Crippen LogP contribution in [0.1, 0.15) is 35.3 Å². The van der Waals surface area contributed by atoms with Crippen LogP contribution in [0.3, 0.4) is 0 Å². The van der Waals surface area contributed by atoms with E-state index in [-0.39, 0.29) is 0 Å². The van der Waals surface area contributed by atoms with Crippen LogP contribution < -0.4 is 10.6 Å². The van der Waals surface area contributed by atoms with Gasteiger partial charge in [-0.25, -0.2) is 4.79 Å². The summed E-state index contributed by atoms with van der Waals surface area (Å²) in [5, 5.41) is 5.54. The number of carbonyl (C=O) groups excluding carboxylic acids is 3. The maximum absolute atomic E-state index is 12.7. The van der Waals surface area contributed by atoms with E-state index in [1.807, 2.05) is 32.0 Å². The highest BCUT2D eigenvalue weighted by Gasteiger charge is 2.36. The Morgan fingerprint density at radius 3 is 2.04 bits per heavy atom. The maximum Gasteiger partial charge on any atom is 0.337 e. The smallest absolute Gasteiger partial charge is 0.337 e. The van der Waals surface area contributed by atoms with Crippen molar-refractivity contribution in [1.82, 2.24) is 0 Å². The highest BCUT2D eigenvalue weighted by atomic mass is 16.5. The lowest BCUT2D eigenvalue weighted by molar-refractivity contribution is -0.135. The topological polar surface area (TPSA) is 84.5 Å². The number of esters is 1. The Bertz CT molecular complexity index is 867. The fraction of sp³-hybridized carbons (Fsp3) is 0.286. The molecule has 0 saturated carbocycles. The minimum absolute atomic E-state index is 0.313. The number of hydrogen-bond acceptors (Lipinski definition) is 4. The zero-order valence-corrected chi connectivity index (χ0v) is 16.2. The molecule has 0 saturated heterocycles. The van der Waals surface area contributed by atoms with Crippen LogP contribution in [-0.2, 0) is 14.3 Å². The number of rotatable bonds is 5. The van der Waals surface area contributed by atoms with Crippen LogP contribution in [0.4, 0.5) is 11.4 Å². The normalized spacial score (nSPS) is 10.9. The molecule has 0 aromatic heterocycles. The highest BCUT2D eigenvalue weighted by molar-refractivity contribution is 6.14. The van der Waals surface area contributed by atoms with Gasteiger partial charge in [0.25, 0.3) is 0 Å². The van der Waals surface area contributed by atoms with Crippen molar-refractivity contribution in [3.8, 4) is 0 Å². The number of methoxy groups -OCH3 is 1. The summed E-state index contributed by atoms with van der Waals surface area (Å²) < 4.78 is 4.67. The quantitative estimate of drug-likeness (QED) is 0.623. The molecule has 6 nitrogen and oxygen atoms in total. The lowest BCUT2D eigenvalue weighted by Crippen LogP contribution is -2.41. The van der Waals surface area contributed by atoms with Crippen LogP contribution in [0.5, 0.6) is 0 Å². The Morgan fingerprint density at radius 1 is 0.889 bits per heavy atom. The second-order valence-electron chi connectivity index (χ2n) is 6.87. The van der Waals surface area contributed by atoms with Crippen molar-refractivity contribution < 1.29 is 19.1 Å². The fourth-order valence-electron chi connectivity index (χ4n) is 2.51. The van der Waals surface area contributed by atoms with E-state index in [2.05, 4.69) is 15.4 Å². The largest absolute Gasteiger partial charge is 0.465 e. The monoisotopic (exact) mass is 368 g/mol. The van der Waals surface area contributed by atoms with Gasteiger partial charge in [0.05, 0.1) is 12.7 Å². The summed E-state index contributed by atoms with van der Waals surface area (Å²) in [6.45, 7) is 6.90. The minimum atomic E-state index is -1.32. The molecule has 2 aromatic rings. The van der Waals surface area contributed by atoms with Crippen LogP contribution in [0.2, 0.25) is 0 Å². The van der Waals surface area contributed by atoms with Gasteiger partial charge in [0.1, 0.15) is 5.41 Å². The Kier molecular flexibility index (Phi) is 6.00. The molecule has 0 aliphatic carbocycles. The Hall–Kier alpha value is -3.15. The van der Waals surface area contributed by atoms with E-state index in [1.54, 1.807) is 32.0 Å². The number of carbonyl (C=O) groups is 3. The summed E-state index contributed by atoms with van der Waals surface area (Å²) in [6.07, 6.45) is 0. The molecule has 0 heterocycles. The molecule has 0 spiro atoms. The number of ether oxygens (including phenoxy) is 1. The van der Waals surface area contributed by atoms with Gasteiger partial charge in [-0.05, 0) is 57.0 Å². The first-order valence-corrected chi connectivity index (χ1v) is 8.54. The van der Waals surface area contributed by atoms with Crippen molar-refractivity contribution in [2.75, 3.05) is 17.7 Å². The molecule has 0 aliphatic rings. The van der Waals surface area contributed by atoms with Crippen LogP contribution in [0.25, 0.3) is 0 Å². The highest BCUT2D eigenvalue weighted by Crippen LogP contribution is 2.25. The number of anilines is 2. The van der Waals surface area contributed by atoms with Gasteiger partial charge in [0, 0.05) is 11.4 Å². The van der Waals surface area contributed by atoms with Crippen LogP contribution in [0, 0.1) is 19.3 Å². The Morgan fingerprint density at radius 2 is 1.44 bits per heavy atom. The van der Waals surface area contributed by atoms with Crippen molar-refractivity contribution in [3.05, 3.63) is 59.2 Å². The number of aryl methyl sites for hydroxylation is 2. The molecule has 0 fully saturated rings. The number of nitrogens with one attached hydrogen (secondary N) is 2. The van der Waals surface area contributed by atoms with Gasteiger partial charge >= 0.3 is 5.97 Å². The molecule has 0 radical (unpaired) electrons. The lowest BCUT2D eigenvalue weighted by atomic mass is 9.90. The van der Waals surface area contributed by atoms with Crippen LogP contribution in [-0.4, -0.2) is 24.9 Å². The number of para-hydroxylation sites is 1. The second-order valence-corrected chi connectivity index (χ2v) is 6.87. The summed E-state index contributed by atoms with van der Waals surface area (Å²) in [6, 6.07) is 12.1. The third-order valence-electron chi connectivity index (χ3n) is 4.40. The Labute approximate surface area is 158 Å². The maximum atomic E-state index is 12.7. The molecular formula is C21H24N2O4. The van der Waals surface area contributed by atoms with Crippen molar-refractivity contribution in [2.24, 2.45) is 5.41 Å². The average molecular weight is 368 g/mol. The second kappa shape index (κ2) is 8.03. The third-order valence-corrected chi connectivity index (χ3v) is 4.40. The van der Waals surface area contributed by atoms with Crippen molar-refractivity contribution in [2.45, 2.75) is 27.7 Å². The molecule has 0 aliphatic heterocycles.